The summed E-state index contributed by atoms with van der Waals surface area (Å²) in [4.78, 5) is 33.6. The lowest BCUT2D eigenvalue weighted by atomic mass is 10.1. The van der Waals surface area contributed by atoms with Crippen LogP contribution in [0.25, 0.3) is 0 Å². The Morgan fingerprint density at radius 2 is 1.96 bits per heavy atom. The molecule has 0 spiro atoms. The third kappa shape index (κ3) is 5.17. The number of pyridine rings is 1. The second kappa shape index (κ2) is 8.99. The van der Waals surface area contributed by atoms with Crippen LogP contribution in [-0.4, -0.2) is 27.5 Å². The molecule has 3 rings (SSSR count). The molecule has 2 heterocycles. The molecule has 0 radical (unpaired) electrons. The van der Waals surface area contributed by atoms with Crippen LogP contribution < -0.4 is 10.6 Å². The molecule has 3 aromatic rings. The van der Waals surface area contributed by atoms with Crippen molar-refractivity contribution in [3.63, 3.8) is 0 Å². The fourth-order valence-corrected chi connectivity index (χ4v) is 4.17. The fraction of sp³-hybridized carbons (Fsp3) is 0.200. The van der Waals surface area contributed by atoms with Gasteiger partial charge in [0.1, 0.15) is 5.03 Å². The van der Waals surface area contributed by atoms with E-state index in [0.717, 1.165) is 22.5 Å². The number of thioether (sulfide) groups is 1. The van der Waals surface area contributed by atoms with E-state index in [2.05, 4.69) is 20.6 Å². The number of thiazole rings is 1. The molecular formula is C20H20N4O2S2. The molecule has 0 saturated carbocycles. The van der Waals surface area contributed by atoms with Crippen LogP contribution in [0.15, 0.2) is 46.9 Å². The number of aromatic nitrogens is 2. The summed E-state index contributed by atoms with van der Waals surface area (Å²) in [6, 6.07) is 9.48. The molecule has 0 unspecified atom stereocenters. The highest BCUT2D eigenvalue weighted by molar-refractivity contribution is 8.00. The molecule has 8 heteroatoms. The van der Waals surface area contributed by atoms with Gasteiger partial charge in [-0.3, -0.25) is 9.59 Å². The van der Waals surface area contributed by atoms with Gasteiger partial charge in [0, 0.05) is 23.0 Å². The van der Waals surface area contributed by atoms with Crippen LogP contribution in [0.4, 0.5) is 10.8 Å². The highest BCUT2D eigenvalue weighted by atomic mass is 32.2. The van der Waals surface area contributed by atoms with Crippen molar-refractivity contribution in [2.75, 3.05) is 16.4 Å². The Morgan fingerprint density at radius 1 is 1.14 bits per heavy atom. The van der Waals surface area contributed by atoms with Gasteiger partial charge in [0.2, 0.25) is 5.91 Å². The predicted molar refractivity (Wildman–Crippen MR) is 114 cm³/mol. The first-order valence-electron chi connectivity index (χ1n) is 8.61. The maximum Gasteiger partial charge on any atom is 0.258 e. The molecule has 0 aliphatic rings. The number of nitrogens with zero attached hydrogens (tertiary/aromatic N) is 2. The van der Waals surface area contributed by atoms with Crippen LogP contribution in [0, 0.1) is 20.8 Å². The van der Waals surface area contributed by atoms with E-state index in [0.29, 0.717) is 15.7 Å². The van der Waals surface area contributed by atoms with Gasteiger partial charge in [-0.1, -0.05) is 23.9 Å². The number of hydrogen-bond acceptors (Lipinski definition) is 6. The molecule has 2 N–H and O–H groups in total. The monoisotopic (exact) mass is 412 g/mol. The number of benzene rings is 1. The lowest BCUT2D eigenvalue weighted by molar-refractivity contribution is -0.113. The van der Waals surface area contributed by atoms with Crippen LogP contribution in [-0.2, 0) is 4.79 Å². The quantitative estimate of drug-likeness (QED) is 0.585. The Labute approximate surface area is 171 Å². The molecule has 28 heavy (non-hydrogen) atoms. The highest BCUT2D eigenvalue weighted by Crippen LogP contribution is 2.26. The summed E-state index contributed by atoms with van der Waals surface area (Å²) in [5, 5.41) is 8.54. The number of amides is 2. The van der Waals surface area contributed by atoms with E-state index in [1.54, 1.807) is 11.6 Å². The number of nitrogens with one attached hydrogen (secondary N) is 2. The largest absolute Gasteiger partial charge is 0.322 e. The van der Waals surface area contributed by atoms with Gasteiger partial charge in [-0.15, -0.1) is 11.3 Å². The van der Waals surface area contributed by atoms with E-state index in [1.165, 1.54) is 23.1 Å². The summed E-state index contributed by atoms with van der Waals surface area (Å²) >= 11 is 2.60. The minimum absolute atomic E-state index is 0.139. The maximum atomic E-state index is 12.9. The lowest BCUT2D eigenvalue weighted by Gasteiger charge is -2.13. The van der Waals surface area contributed by atoms with Gasteiger partial charge in [-0.05, 0) is 50.1 Å². The number of anilines is 2. The second-order valence-electron chi connectivity index (χ2n) is 6.26. The summed E-state index contributed by atoms with van der Waals surface area (Å²) in [6.07, 6.45) is 1.63. The average molecular weight is 413 g/mol. The van der Waals surface area contributed by atoms with Crippen molar-refractivity contribution in [3.8, 4) is 0 Å². The van der Waals surface area contributed by atoms with E-state index in [1.807, 2.05) is 51.1 Å². The molecule has 0 atom stereocenters. The van der Waals surface area contributed by atoms with Crippen molar-refractivity contribution >= 4 is 45.7 Å². The SMILES string of the molecule is Cc1cccc(NC(=O)c2c(C)cc(C)nc2SCC(=O)Nc2nccs2)c1. The van der Waals surface area contributed by atoms with E-state index in [4.69, 9.17) is 0 Å². The molecule has 0 bridgehead atoms. The molecule has 6 nitrogen and oxygen atoms in total. The summed E-state index contributed by atoms with van der Waals surface area (Å²) in [6.45, 7) is 5.71. The molecule has 144 valence electrons. The molecular weight excluding hydrogens is 392 g/mol. The Balaban J connectivity index is 1.77. The van der Waals surface area contributed by atoms with Crippen LogP contribution >= 0.6 is 23.1 Å². The van der Waals surface area contributed by atoms with E-state index < -0.39 is 0 Å². The number of aryl methyl sites for hydroxylation is 3. The van der Waals surface area contributed by atoms with E-state index >= 15 is 0 Å². The van der Waals surface area contributed by atoms with Gasteiger partial charge >= 0.3 is 0 Å². The molecule has 1 aromatic carbocycles. The fourth-order valence-electron chi connectivity index (χ4n) is 2.67. The second-order valence-corrected chi connectivity index (χ2v) is 8.12. The first-order chi connectivity index (χ1) is 13.4. The van der Waals surface area contributed by atoms with Crippen LogP contribution in [0.1, 0.15) is 27.2 Å². The minimum Gasteiger partial charge on any atom is -0.322 e. The van der Waals surface area contributed by atoms with Gasteiger partial charge in [0.05, 0.1) is 11.3 Å². The molecule has 0 aliphatic carbocycles. The Hall–Kier alpha value is -2.71. The average Bonchev–Trinajstić information content (AvgIpc) is 3.12. The summed E-state index contributed by atoms with van der Waals surface area (Å²) in [5.41, 5.74) is 3.89. The Bertz CT molecular complexity index is 1000. The van der Waals surface area contributed by atoms with Gasteiger partial charge in [0.15, 0.2) is 5.13 Å². The van der Waals surface area contributed by atoms with Gasteiger partial charge < -0.3 is 10.6 Å². The lowest BCUT2D eigenvalue weighted by Crippen LogP contribution is -2.18. The smallest absolute Gasteiger partial charge is 0.258 e. The molecule has 2 amide bonds. The maximum absolute atomic E-state index is 12.9. The molecule has 0 saturated heterocycles. The minimum atomic E-state index is -0.238. The first-order valence-corrected chi connectivity index (χ1v) is 10.5. The van der Waals surface area contributed by atoms with Gasteiger partial charge in [-0.25, -0.2) is 9.97 Å². The first kappa shape index (κ1) is 20.0. The van der Waals surface area contributed by atoms with Crippen molar-refractivity contribution in [1.29, 1.82) is 0 Å². The molecule has 0 aliphatic heterocycles. The van der Waals surface area contributed by atoms with E-state index in [9.17, 15) is 9.59 Å². The predicted octanol–water partition coefficient (Wildman–Crippen LogP) is 4.45. The normalized spacial score (nSPS) is 10.5. The Kier molecular flexibility index (Phi) is 6.43. The van der Waals surface area contributed by atoms with Crippen LogP contribution in [0.3, 0.4) is 0 Å². The zero-order valence-electron chi connectivity index (χ0n) is 15.8. The zero-order valence-corrected chi connectivity index (χ0v) is 17.4. The van der Waals surface area contributed by atoms with Gasteiger partial charge in [0.25, 0.3) is 5.91 Å². The van der Waals surface area contributed by atoms with Crippen molar-refractivity contribution in [2.24, 2.45) is 0 Å². The number of carbonyl (C=O) groups is 2. The third-order valence-electron chi connectivity index (χ3n) is 3.83. The topological polar surface area (TPSA) is 84.0 Å². The summed E-state index contributed by atoms with van der Waals surface area (Å²) in [5.74, 6) is -0.287. The summed E-state index contributed by atoms with van der Waals surface area (Å²) in [7, 11) is 0. The van der Waals surface area contributed by atoms with Gasteiger partial charge in [-0.2, -0.15) is 0 Å². The van der Waals surface area contributed by atoms with Crippen LogP contribution in [0.5, 0.6) is 0 Å². The Morgan fingerprint density at radius 3 is 2.68 bits per heavy atom. The molecule has 0 fully saturated rings. The number of carbonyl (C=O) groups excluding carboxylic acids is 2. The van der Waals surface area contributed by atoms with Crippen molar-refractivity contribution in [3.05, 3.63) is 64.3 Å². The summed E-state index contributed by atoms with van der Waals surface area (Å²) < 4.78 is 0. The standard InChI is InChI=1S/C20H20N4O2S2/c1-12-5-4-6-15(9-12)23-18(26)17-13(2)10-14(3)22-19(17)28-11-16(25)24-20-21-7-8-27-20/h4-10H,11H2,1-3H3,(H,23,26)(H,21,24,25). The number of hydrogen-bond donors (Lipinski definition) is 2. The van der Waals surface area contributed by atoms with Crippen molar-refractivity contribution in [1.82, 2.24) is 9.97 Å². The number of rotatable bonds is 6. The van der Waals surface area contributed by atoms with Crippen molar-refractivity contribution < 1.29 is 9.59 Å². The van der Waals surface area contributed by atoms with Crippen molar-refractivity contribution in [2.45, 2.75) is 25.8 Å². The highest BCUT2D eigenvalue weighted by Gasteiger charge is 2.19. The van der Waals surface area contributed by atoms with Crippen LogP contribution in [0.2, 0.25) is 0 Å². The molecule has 2 aromatic heterocycles. The van der Waals surface area contributed by atoms with E-state index in [-0.39, 0.29) is 17.6 Å². The zero-order chi connectivity index (χ0) is 20.1. The third-order valence-corrected chi connectivity index (χ3v) is 5.50.